The van der Waals surface area contributed by atoms with E-state index in [9.17, 15) is 9.59 Å². The summed E-state index contributed by atoms with van der Waals surface area (Å²) in [6.07, 6.45) is 0. The van der Waals surface area contributed by atoms with Gasteiger partial charge in [0.1, 0.15) is 0 Å². The number of aryl methyl sites for hydroxylation is 2. The highest BCUT2D eigenvalue weighted by Gasteiger charge is 2.36. The molecule has 1 heterocycles. The number of hydrogen-bond acceptors (Lipinski definition) is 4. The molecule has 3 nitrogen and oxygen atoms in total. The molecular formula is C19H17NO2S2. The molecular weight excluding hydrogens is 338 g/mol. The summed E-state index contributed by atoms with van der Waals surface area (Å²) >= 11 is 2.71. The third-order valence-electron chi connectivity index (χ3n) is 3.69. The van der Waals surface area contributed by atoms with E-state index in [1.54, 1.807) is 0 Å². The molecule has 2 amide bonds. The van der Waals surface area contributed by atoms with Crippen LogP contribution in [0.1, 0.15) is 11.1 Å². The Kier molecular flexibility index (Phi) is 4.83. The molecule has 0 unspecified atom stereocenters. The van der Waals surface area contributed by atoms with E-state index in [0.717, 1.165) is 20.9 Å². The normalized spacial score (nSPS) is 14.7. The van der Waals surface area contributed by atoms with E-state index in [1.165, 1.54) is 35.5 Å². The van der Waals surface area contributed by atoms with Crippen LogP contribution in [0.15, 0.2) is 68.1 Å². The van der Waals surface area contributed by atoms with Crippen LogP contribution in [0, 0.1) is 13.8 Å². The number of nitrogens with zero attached hydrogens (tertiary/aromatic N) is 1. The molecule has 0 N–H and O–H groups in total. The molecule has 0 saturated heterocycles. The van der Waals surface area contributed by atoms with Crippen LogP contribution in [0.25, 0.3) is 0 Å². The third-order valence-corrected chi connectivity index (χ3v) is 6.00. The Morgan fingerprint density at radius 3 is 1.33 bits per heavy atom. The molecule has 122 valence electrons. The van der Waals surface area contributed by atoms with Crippen molar-refractivity contribution in [2.45, 2.75) is 23.6 Å². The molecule has 0 atom stereocenters. The fourth-order valence-electron chi connectivity index (χ4n) is 2.22. The highest BCUT2D eigenvalue weighted by atomic mass is 32.2. The van der Waals surface area contributed by atoms with Crippen LogP contribution in [0.2, 0.25) is 0 Å². The summed E-state index contributed by atoms with van der Waals surface area (Å²) in [6, 6.07) is 15.9. The Balaban J connectivity index is 1.94. The number of rotatable bonds is 4. The van der Waals surface area contributed by atoms with Gasteiger partial charge in [-0.15, -0.1) is 0 Å². The summed E-state index contributed by atoms with van der Waals surface area (Å²) in [5.41, 5.74) is 2.32. The van der Waals surface area contributed by atoms with Gasteiger partial charge in [-0.25, -0.2) is 0 Å². The Bertz CT molecular complexity index is 754. The van der Waals surface area contributed by atoms with Gasteiger partial charge < -0.3 is 0 Å². The number of carbonyl (C=O) groups excluding carboxylic acids is 2. The Hall–Kier alpha value is -1.98. The largest absolute Gasteiger partial charge is 0.277 e. The fourth-order valence-corrected chi connectivity index (χ4v) is 4.29. The number of amides is 2. The van der Waals surface area contributed by atoms with Crippen LogP contribution in [0.4, 0.5) is 0 Å². The molecule has 1 aliphatic rings. The number of likely N-dealkylation sites (N-methyl/N-ethyl adjacent to an activating group) is 1. The van der Waals surface area contributed by atoms with Crippen molar-refractivity contribution in [3.63, 3.8) is 0 Å². The average molecular weight is 355 g/mol. The zero-order chi connectivity index (χ0) is 17.3. The first-order chi connectivity index (χ1) is 11.5. The summed E-state index contributed by atoms with van der Waals surface area (Å²) in [6.45, 7) is 4.04. The van der Waals surface area contributed by atoms with Gasteiger partial charge in [-0.1, -0.05) is 58.9 Å². The summed E-state index contributed by atoms with van der Waals surface area (Å²) in [7, 11) is 1.53. The fraction of sp³-hybridized carbons (Fsp3) is 0.158. The van der Waals surface area contributed by atoms with E-state index in [1.807, 2.05) is 62.4 Å². The number of imide groups is 1. The Morgan fingerprint density at radius 2 is 1.00 bits per heavy atom. The molecule has 1 aliphatic heterocycles. The van der Waals surface area contributed by atoms with E-state index < -0.39 is 0 Å². The molecule has 0 fully saturated rings. The molecule has 0 aromatic heterocycles. The van der Waals surface area contributed by atoms with Gasteiger partial charge in [-0.3, -0.25) is 14.5 Å². The second kappa shape index (κ2) is 6.87. The highest BCUT2D eigenvalue weighted by molar-refractivity contribution is 8.08. The van der Waals surface area contributed by atoms with Crippen molar-refractivity contribution in [2.75, 3.05) is 7.05 Å². The smallest absolute Gasteiger partial charge is 0.268 e. The van der Waals surface area contributed by atoms with Crippen LogP contribution in [-0.4, -0.2) is 23.8 Å². The SMILES string of the molecule is Cc1ccc(SC2=C(Sc3ccc(C)cc3)C(=O)N(C)C2=O)cc1. The average Bonchev–Trinajstić information content (AvgIpc) is 2.77. The number of benzene rings is 2. The third kappa shape index (κ3) is 3.42. The van der Waals surface area contributed by atoms with Gasteiger partial charge in [0.15, 0.2) is 0 Å². The molecule has 2 aromatic rings. The number of carbonyl (C=O) groups is 2. The van der Waals surface area contributed by atoms with Crippen molar-refractivity contribution in [3.05, 3.63) is 69.5 Å². The first-order valence-corrected chi connectivity index (χ1v) is 9.14. The van der Waals surface area contributed by atoms with E-state index in [0.29, 0.717) is 9.81 Å². The minimum atomic E-state index is -0.236. The maximum atomic E-state index is 12.5. The second-order valence-corrected chi connectivity index (χ2v) is 7.83. The zero-order valence-electron chi connectivity index (χ0n) is 13.7. The van der Waals surface area contributed by atoms with Gasteiger partial charge in [0, 0.05) is 16.8 Å². The van der Waals surface area contributed by atoms with Gasteiger partial charge >= 0.3 is 0 Å². The van der Waals surface area contributed by atoms with Gasteiger partial charge in [0.2, 0.25) is 0 Å². The topological polar surface area (TPSA) is 37.4 Å². The number of thioether (sulfide) groups is 2. The molecule has 0 radical (unpaired) electrons. The second-order valence-electron chi connectivity index (χ2n) is 5.66. The molecule has 3 rings (SSSR count). The van der Waals surface area contributed by atoms with Gasteiger partial charge in [0.05, 0.1) is 9.81 Å². The van der Waals surface area contributed by atoms with Crippen LogP contribution < -0.4 is 0 Å². The summed E-state index contributed by atoms with van der Waals surface area (Å²) in [5, 5.41) is 0. The van der Waals surface area contributed by atoms with Crippen molar-refractivity contribution in [2.24, 2.45) is 0 Å². The molecule has 0 aliphatic carbocycles. The van der Waals surface area contributed by atoms with Crippen LogP contribution in [0.3, 0.4) is 0 Å². The number of hydrogen-bond donors (Lipinski definition) is 0. The predicted molar refractivity (Wildman–Crippen MR) is 98.9 cm³/mol. The molecule has 5 heteroatoms. The molecule has 24 heavy (non-hydrogen) atoms. The Labute approximate surface area is 150 Å². The van der Waals surface area contributed by atoms with Gasteiger partial charge in [-0.2, -0.15) is 0 Å². The van der Waals surface area contributed by atoms with E-state index in [-0.39, 0.29) is 11.8 Å². The van der Waals surface area contributed by atoms with Gasteiger partial charge in [0.25, 0.3) is 11.8 Å². The van der Waals surface area contributed by atoms with Crippen molar-refractivity contribution in [3.8, 4) is 0 Å². The zero-order valence-corrected chi connectivity index (χ0v) is 15.3. The predicted octanol–water partition coefficient (Wildman–Crippen LogP) is 4.40. The van der Waals surface area contributed by atoms with E-state index >= 15 is 0 Å². The lowest BCUT2D eigenvalue weighted by molar-refractivity contribution is -0.135. The van der Waals surface area contributed by atoms with Crippen molar-refractivity contribution >= 4 is 35.3 Å². The standard InChI is InChI=1S/C19H17NO2S2/c1-12-4-8-14(9-5-12)23-16-17(19(22)20(3)18(16)21)24-15-10-6-13(2)7-11-15/h4-11H,1-3H3. The van der Waals surface area contributed by atoms with Crippen molar-refractivity contribution in [1.29, 1.82) is 0 Å². The van der Waals surface area contributed by atoms with E-state index in [2.05, 4.69) is 0 Å². The van der Waals surface area contributed by atoms with Crippen LogP contribution in [0.5, 0.6) is 0 Å². The summed E-state index contributed by atoms with van der Waals surface area (Å²) in [4.78, 5) is 29.0. The van der Waals surface area contributed by atoms with Crippen LogP contribution >= 0.6 is 23.5 Å². The first-order valence-electron chi connectivity index (χ1n) is 7.51. The van der Waals surface area contributed by atoms with Crippen LogP contribution in [-0.2, 0) is 9.59 Å². The summed E-state index contributed by atoms with van der Waals surface area (Å²) < 4.78 is 0. The lowest BCUT2D eigenvalue weighted by Crippen LogP contribution is -2.26. The molecule has 0 spiro atoms. The molecule has 0 bridgehead atoms. The minimum Gasteiger partial charge on any atom is -0.277 e. The first kappa shape index (κ1) is 16.9. The quantitative estimate of drug-likeness (QED) is 0.762. The molecule has 2 aromatic carbocycles. The van der Waals surface area contributed by atoms with Gasteiger partial charge in [-0.05, 0) is 38.1 Å². The monoisotopic (exact) mass is 355 g/mol. The summed E-state index contributed by atoms with van der Waals surface area (Å²) in [5.74, 6) is -0.472. The lowest BCUT2D eigenvalue weighted by atomic mass is 10.2. The minimum absolute atomic E-state index is 0.236. The highest BCUT2D eigenvalue weighted by Crippen LogP contribution is 2.42. The maximum Gasteiger partial charge on any atom is 0.268 e. The maximum absolute atomic E-state index is 12.5. The van der Waals surface area contributed by atoms with E-state index in [4.69, 9.17) is 0 Å². The Morgan fingerprint density at radius 1 is 0.667 bits per heavy atom. The molecule has 0 saturated carbocycles. The van der Waals surface area contributed by atoms with Crippen molar-refractivity contribution < 1.29 is 9.59 Å². The van der Waals surface area contributed by atoms with Crippen molar-refractivity contribution in [1.82, 2.24) is 4.90 Å². The lowest BCUT2D eigenvalue weighted by Gasteiger charge is -2.06.